The van der Waals surface area contributed by atoms with Crippen molar-refractivity contribution < 1.29 is 9.53 Å². The third-order valence-corrected chi connectivity index (χ3v) is 5.59. The fourth-order valence-electron chi connectivity index (χ4n) is 4.20. The van der Waals surface area contributed by atoms with E-state index in [4.69, 9.17) is 4.74 Å². The van der Waals surface area contributed by atoms with E-state index in [1.807, 2.05) is 0 Å². The number of likely N-dealkylation sites (tertiary alicyclic amines) is 1. The van der Waals surface area contributed by atoms with Gasteiger partial charge in [-0.15, -0.1) is 0 Å². The molecule has 0 bridgehead atoms. The van der Waals surface area contributed by atoms with Crippen molar-refractivity contribution in [3.8, 4) is 0 Å². The van der Waals surface area contributed by atoms with Gasteiger partial charge in [0.05, 0.1) is 5.41 Å². The van der Waals surface area contributed by atoms with Gasteiger partial charge in [0.25, 0.3) is 0 Å². The average Bonchev–Trinajstić information content (AvgIpc) is 2.86. The zero-order chi connectivity index (χ0) is 15.4. The quantitative estimate of drug-likeness (QED) is 0.778. The maximum absolute atomic E-state index is 12.8. The monoisotopic (exact) mass is 301 g/mol. The van der Waals surface area contributed by atoms with Crippen molar-refractivity contribution in [2.75, 3.05) is 26.8 Å². The molecule has 3 nitrogen and oxygen atoms in total. The Morgan fingerprint density at radius 1 is 1.18 bits per heavy atom. The molecule has 1 saturated carbocycles. The number of ether oxygens (including phenoxy) is 1. The fourth-order valence-corrected chi connectivity index (χ4v) is 4.20. The van der Waals surface area contributed by atoms with Gasteiger partial charge in [0.15, 0.2) is 0 Å². The van der Waals surface area contributed by atoms with Crippen LogP contribution < -0.4 is 0 Å². The molecule has 2 aliphatic rings. The third kappa shape index (κ3) is 3.05. The number of hydrogen-bond donors (Lipinski definition) is 0. The van der Waals surface area contributed by atoms with E-state index in [0.717, 1.165) is 58.2 Å². The van der Waals surface area contributed by atoms with Crippen LogP contribution in [0.5, 0.6) is 0 Å². The number of amides is 1. The van der Waals surface area contributed by atoms with Crippen molar-refractivity contribution in [3.05, 3.63) is 35.9 Å². The van der Waals surface area contributed by atoms with E-state index in [9.17, 15) is 4.79 Å². The lowest BCUT2D eigenvalue weighted by Crippen LogP contribution is -2.37. The molecule has 22 heavy (non-hydrogen) atoms. The minimum Gasteiger partial charge on any atom is -0.385 e. The normalized spacial score (nSPS) is 28.5. The first-order valence-electron chi connectivity index (χ1n) is 8.58. The van der Waals surface area contributed by atoms with Crippen molar-refractivity contribution in [1.29, 1.82) is 0 Å². The predicted molar refractivity (Wildman–Crippen MR) is 87.8 cm³/mol. The molecule has 3 heteroatoms. The maximum atomic E-state index is 12.8. The summed E-state index contributed by atoms with van der Waals surface area (Å²) in [6.45, 7) is 2.54. The fraction of sp³-hybridized carbons (Fsp3) is 0.632. The second kappa shape index (κ2) is 6.82. The van der Waals surface area contributed by atoms with Crippen molar-refractivity contribution in [1.82, 2.24) is 4.90 Å². The van der Waals surface area contributed by atoms with Crippen LogP contribution in [0.2, 0.25) is 0 Å². The smallest absolute Gasteiger partial charge is 0.228 e. The molecule has 0 aromatic heterocycles. The van der Waals surface area contributed by atoms with E-state index in [1.54, 1.807) is 7.11 Å². The van der Waals surface area contributed by atoms with Crippen LogP contribution in [0.1, 0.15) is 50.0 Å². The molecule has 1 aromatic rings. The van der Waals surface area contributed by atoms with Gasteiger partial charge in [-0.1, -0.05) is 30.3 Å². The van der Waals surface area contributed by atoms with Gasteiger partial charge < -0.3 is 9.64 Å². The number of rotatable bonds is 5. The van der Waals surface area contributed by atoms with Gasteiger partial charge in [-0.3, -0.25) is 4.79 Å². The average molecular weight is 301 g/mol. The van der Waals surface area contributed by atoms with Crippen molar-refractivity contribution in [3.63, 3.8) is 0 Å². The zero-order valence-corrected chi connectivity index (χ0v) is 13.6. The highest BCUT2D eigenvalue weighted by Crippen LogP contribution is 2.48. The van der Waals surface area contributed by atoms with Gasteiger partial charge in [0, 0.05) is 26.8 Å². The van der Waals surface area contributed by atoms with E-state index in [2.05, 4.69) is 35.2 Å². The molecule has 1 aliphatic carbocycles. The first-order valence-corrected chi connectivity index (χ1v) is 8.58. The van der Waals surface area contributed by atoms with E-state index in [1.165, 1.54) is 5.56 Å². The largest absolute Gasteiger partial charge is 0.385 e. The second-order valence-electron chi connectivity index (χ2n) is 6.85. The standard InChI is InChI=1S/C19H27NO2/c1-22-15-5-13-20-14-12-19(18(20)21)10-8-17(9-11-19)16-6-3-2-4-7-16/h2-4,6-7,17H,5,8-15H2,1H3. The summed E-state index contributed by atoms with van der Waals surface area (Å²) in [5.41, 5.74) is 1.40. The third-order valence-electron chi connectivity index (χ3n) is 5.59. The Hall–Kier alpha value is -1.35. The van der Waals surface area contributed by atoms with Crippen LogP contribution in [0.15, 0.2) is 30.3 Å². The topological polar surface area (TPSA) is 29.5 Å². The second-order valence-corrected chi connectivity index (χ2v) is 6.85. The Balaban J connectivity index is 1.57. The SMILES string of the molecule is COCCCN1CCC2(CCC(c3ccccc3)CC2)C1=O. The van der Waals surface area contributed by atoms with Crippen LogP contribution in [0.4, 0.5) is 0 Å². The summed E-state index contributed by atoms with van der Waals surface area (Å²) >= 11 is 0. The van der Waals surface area contributed by atoms with Gasteiger partial charge in [-0.2, -0.15) is 0 Å². The lowest BCUT2D eigenvalue weighted by molar-refractivity contribution is -0.137. The number of hydrogen-bond acceptors (Lipinski definition) is 2. The Morgan fingerprint density at radius 2 is 1.91 bits per heavy atom. The van der Waals surface area contributed by atoms with E-state index in [0.29, 0.717) is 11.8 Å². The highest BCUT2D eigenvalue weighted by molar-refractivity contribution is 5.85. The summed E-state index contributed by atoms with van der Waals surface area (Å²) in [4.78, 5) is 14.9. The molecule has 2 fully saturated rings. The number of nitrogens with zero attached hydrogens (tertiary/aromatic N) is 1. The summed E-state index contributed by atoms with van der Waals surface area (Å²) in [5, 5.41) is 0. The van der Waals surface area contributed by atoms with Gasteiger partial charge >= 0.3 is 0 Å². The zero-order valence-electron chi connectivity index (χ0n) is 13.6. The van der Waals surface area contributed by atoms with Gasteiger partial charge in [0.1, 0.15) is 0 Å². The summed E-state index contributed by atoms with van der Waals surface area (Å²) in [7, 11) is 1.72. The Labute approximate surface area is 133 Å². The molecule has 1 aromatic carbocycles. The number of methoxy groups -OCH3 is 1. The lowest BCUT2D eigenvalue weighted by Gasteiger charge is -2.36. The molecule has 1 spiro atoms. The van der Waals surface area contributed by atoms with Crippen LogP contribution in [0.25, 0.3) is 0 Å². The minimum atomic E-state index is -0.0433. The van der Waals surface area contributed by atoms with Crippen molar-refractivity contribution >= 4 is 5.91 Å². The number of benzene rings is 1. The molecule has 0 unspecified atom stereocenters. The van der Waals surface area contributed by atoms with Crippen LogP contribution in [0.3, 0.4) is 0 Å². The van der Waals surface area contributed by atoms with Gasteiger partial charge in [-0.25, -0.2) is 0 Å². The van der Waals surface area contributed by atoms with Crippen molar-refractivity contribution in [2.45, 2.75) is 44.4 Å². The number of carbonyl (C=O) groups is 1. The molecule has 0 radical (unpaired) electrons. The molecule has 0 N–H and O–H groups in total. The van der Waals surface area contributed by atoms with Crippen LogP contribution in [-0.2, 0) is 9.53 Å². The molecule has 1 saturated heterocycles. The highest BCUT2D eigenvalue weighted by Gasteiger charge is 2.47. The molecular formula is C19H27NO2. The molecule has 0 atom stereocenters. The molecule has 1 heterocycles. The van der Waals surface area contributed by atoms with E-state index < -0.39 is 0 Å². The summed E-state index contributed by atoms with van der Waals surface area (Å²) in [6.07, 6.45) is 6.44. The Morgan fingerprint density at radius 3 is 2.59 bits per heavy atom. The van der Waals surface area contributed by atoms with E-state index in [-0.39, 0.29) is 5.41 Å². The summed E-state index contributed by atoms with van der Waals surface area (Å²) in [5.74, 6) is 1.05. The minimum absolute atomic E-state index is 0.0433. The molecule has 3 rings (SSSR count). The van der Waals surface area contributed by atoms with Gasteiger partial charge in [0.2, 0.25) is 5.91 Å². The van der Waals surface area contributed by atoms with E-state index >= 15 is 0 Å². The predicted octanol–water partition coefficient (Wildman–Crippen LogP) is 3.60. The van der Waals surface area contributed by atoms with Gasteiger partial charge in [-0.05, 0) is 50.0 Å². The van der Waals surface area contributed by atoms with Crippen LogP contribution in [0, 0.1) is 5.41 Å². The number of carbonyl (C=O) groups excluding carboxylic acids is 1. The Bertz CT molecular complexity index is 491. The Kier molecular flexibility index (Phi) is 4.82. The van der Waals surface area contributed by atoms with Crippen LogP contribution >= 0.6 is 0 Å². The first-order chi connectivity index (χ1) is 10.7. The lowest BCUT2D eigenvalue weighted by atomic mass is 9.68. The molecule has 1 aliphatic heterocycles. The van der Waals surface area contributed by atoms with Crippen molar-refractivity contribution in [2.24, 2.45) is 5.41 Å². The molecule has 120 valence electrons. The van der Waals surface area contributed by atoms with Crippen LogP contribution in [-0.4, -0.2) is 37.6 Å². The highest BCUT2D eigenvalue weighted by atomic mass is 16.5. The summed E-state index contributed by atoms with van der Waals surface area (Å²) < 4.78 is 5.10. The molecular weight excluding hydrogens is 274 g/mol. The maximum Gasteiger partial charge on any atom is 0.228 e. The molecule has 1 amide bonds. The first kappa shape index (κ1) is 15.5. The summed E-state index contributed by atoms with van der Waals surface area (Å²) in [6, 6.07) is 10.8.